The fourth-order valence-electron chi connectivity index (χ4n) is 2.96. The van der Waals surface area contributed by atoms with E-state index in [9.17, 15) is 9.59 Å². The monoisotopic (exact) mass is 317 g/mol. The van der Waals surface area contributed by atoms with Gasteiger partial charge in [0.1, 0.15) is 0 Å². The van der Waals surface area contributed by atoms with E-state index in [0.717, 1.165) is 31.5 Å². The van der Waals surface area contributed by atoms with Gasteiger partial charge in [0.25, 0.3) is 0 Å². The zero-order chi connectivity index (χ0) is 16.7. The molecule has 0 saturated carbocycles. The molecule has 1 aromatic carbocycles. The highest BCUT2D eigenvalue weighted by molar-refractivity contribution is 5.89. The molecule has 0 spiro atoms. The average molecular weight is 317 g/mol. The van der Waals surface area contributed by atoms with Crippen LogP contribution in [0.1, 0.15) is 33.1 Å². The fourth-order valence-corrected chi connectivity index (χ4v) is 2.96. The Bertz CT molecular complexity index is 514. The predicted octanol–water partition coefficient (Wildman–Crippen LogP) is 3.19. The number of carbonyl (C=O) groups is 2. The Morgan fingerprint density at radius 2 is 1.61 bits per heavy atom. The number of nitrogens with zero attached hydrogens (tertiary/aromatic N) is 2. The van der Waals surface area contributed by atoms with Gasteiger partial charge < -0.3 is 15.1 Å². The Balaban J connectivity index is 1.90. The minimum absolute atomic E-state index is 0.0898. The first-order valence-electron chi connectivity index (χ1n) is 8.55. The maximum Gasteiger partial charge on any atom is 0.321 e. The van der Waals surface area contributed by atoms with Gasteiger partial charge in [-0.2, -0.15) is 0 Å². The quantitative estimate of drug-likeness (QED) is 0.927. The number of benzene rings is 1. The summed E-state index contributed by atoms with van der Waals surface area (Å²) in [6.07, 6.45) is 2.59. The van der Waals surface area contributed by atoms with Gasteiger partial charge in [0.15, 0.2) is 0 Å². The van der Waals surface area contributed by atoms with Crippen molar-refractivity contribution in [3.05, 3.63) is 30.3 Å². The van der Waals surface area contributed by atoms with Crippen molar-refractivity contribution < 1.29 is 9.59 Å². The molecule has 1 aromatic rings. The van der Waals surface area contributed by atoms with Crippen molar-refractivity contribution in [2.24, 2.45) is 5.92 Å². The molecule has 1 fully saturated rings. The molecule has 2 rings (SSSR count). The van der Waals surface area contributed by atoms with Crippen LogP contribution in [0.2, 0.25) is 0 Å². The maximum absolute atomic E-state index is 12.5. The van der Waals surface area contributed by atoms with Crippen LogP contribution in [-0.4, -0.2) is 47.9 Å². The van der Waals surface area contributed by atoms with E-state index in [0.29, 0.717) is 19.6 Å². The van der Waals surface area contributed by atoms with Gasteiger partial charge >= 0.3 is 6.03 Å². The van der Waals surface area contributed by atoms with Gasteiger partial charge in [-0.25, -0.2) is 4.79 Å². The number of hydrogen-bond acceptors (Lipinski definition) is 2. The third kappa shape index (κ3) is 4.71. The summed E-state index contributed by atoms with van der Waals surface area (Å²) in [7, 11) is 0. The molecular weight excluding hydrogens is 290 g/mol. The van der Waals surface area contributed by atoms with Crippen LogP contribution in [0.4, 0.5) is 10.5 Å². The summed E-state index contributed by atoms with van der Waals surface area (Å²) < 4.78 is 0. The van der Waals surface area contributed by atoms with Crippen LogP contribution in [0.15, 0.2) is 30.3 Å². The first-order chi connectivity index (χ1) is 11.2. The molecule has 0 aromatic heterocycles. The summed E-state index contributed by atoms with van der Waals surface area (Å²) in [5.41, 5.74) is 0.798. The maximum atomic E-state index is 12.5. The van der Waals surface area contributed by atoms with Crippen LogP contribution in [0, 0.1) is 5.92 Å². The van der Waals surface area contributed by atoms with E-state index in [1.54, 1.807) is 4.90 Å². The van der Waals surface area contributed by atoms with E-state index < -0.39 is 0 Å². The normalized spacial score (nSPS) is 15.4. The molecule has 5 nitrogen and oxygen atoms in total. The highest BCUT2D eigenvalue weighted by Gasteiger charge is 2.25. The van der Waals surface area contributed by atoms with E-state index in [1.165, 1.54) is 0 Å². The molecule has 1 heterocycles. The van der Waals surface area contributed by atoms with Gasteiger partial charge in [0, 0.05) is 37.8 Å². The highest BCUT2D eigenvalue weighted by atomic mass is 16.2. The molecular formula is C18H27N3O2. The molecule has 23 heavy (non-hydrogen) atoms. The van der Waals surface area contributed by atoms with Gasteiger partial charge in [-0.3, -0.25) is 4.79 Å². The Morgan fingerprint density at radius 1 is 1.00 bits per heavy atom. The minimum atomic E-state index is -0.0898. The van der Waals surface area contributed by atoms with Crippen molar-refractivity contribution in [2.45, 2.75) is 33.1 Å². The molecule has 0 atom stereocenters. The van der Waals surface area contributed by atoms with Crippen molar-refractivity contribution in [1.82, 2.24) is 9.80 Å². The number of rotatable bonds is 4. The lowest BCUT2D eigenvalue weighted by atomic mass is 10.0. The van der Waals surface area contributed by atoms with Crippen LogP contribution >= 0.6 is 0 Å². The van der Waals surface area contributed by atoms with Crippen LogP contribution in [0.5, 0.6) is 0 Å². The summed E-state index contributed by atoms with van der Waals surface area (Å²) in [5, 5.41) is 2.91. The van der Waals surface area contributed by atoms with E-state index in [-0.39, 0.29) is 17.9 Å². The van der Waals surface area contributed by atoms with E-state index in [4.69, 9.17) is 0 Å². The summed E-state index contributed by atoms with van der Waals surface area (Å²) in [4.78, 5) is 28.6. The first kappa shape index (κ1) is 17.3. The molecule has 3 amide bonds. The van der Waals surface area contributed by atoms with Crippen molar-refractivity contribution in [2.75, 3.05) is 31.5 Å². The van der Waals surface area contributed by atoms with Gasteiger partial charge in [0.2, 0.25) is 5.91 Å². The van der Waals surface area contributed by atoms with Crippen molar-refractivity contribution in [1.29, 1.82) is 0 Å². The molecule has 126 valence electrons. The number of amides is 3. The fraction of sp³-hybridized carbons (Fsp3) is 0.556. The van der Waals surface area contributed by atoms with Crippen LogP contribution in [0.3, 0.4) is 0 Å². The summed E-state index contributed by atoms with van der Waals surface area (Å²) in [5.74, 6) is 0.347. The molecule has 5 heteroatoms. The van der Waals surface area contributed by atoms with Gasteiger partial charge in [-0.15, -0.1) is 0 Å². The Labute approximate surface area is 138 Å². The lowest BCUT2D eigenvalue weighted by Gasteiger charge is -2.25. The standard InChI is InChI=1S/C18H27N3O2/c1-3-15(4-2)17(22)20-11-8-12-21(14-13-20)18(23)19-16-9-6-5-7-10-16/h5-7,9-10,15H,3-4,8,11-14H2,1-2H3,(H,19,23). The second-order valence-corrected chi connectivity index (χ2v) is 5.98. The molecule has 1 aliphatic rings. The zero-order valence-corrected chi connectivity index (χ0v) is 14.1. The molecule has 0 bridgehead atoms. The summed E-state index contributed by atoms with van der Waals surface area (Å²) in [6, 6.07) is 9.37. The minimum Gasteiger partial charge on any atom is -0.341 e. The average Bonchev–Trinajstić information content (AvgIpc) is 2.83. The number of nitrogens with one attached hydrogen (secondary N) is 1. The Kier molecular flexibility index (Phi) is 6.44. The SMILES string of the molecule is CCC(CC)C(=O)N1CCCN(C(=O)Nc2ccccc2)CC1. The van der Waals surface area contributed by atoms with E-state index in [2.05, 4.69) is 19.2 Å². The number of carbonyl (C=O) groups excluding carboxylic acids is 2. The van der Waals surface area contributed by atoms with Crippen molar-refractivity contribution >= 4 is 17.6 Å². The largest absolute Gasteiger partial charge is 0.341 e. The highest BCUT2D eigenvalue weighted by Crippen LogP contribution is 2.15. The molecule has 0 unspecified atom stereocenters. The summed E-state index contributed by atoms with van der Waals surface area (Å²) in [6.45, 7) is 6.75. The van der Waals surface area contributed by atoms with Gasteiger partial charge in [-0.05, 0) is 31.4 Å². The Morgan fingerprint density at radius 3 is 2.26 bits per heavy atom. The molecule has 1 saturated heterocycles. The molecule has 1 N–H and O–H groups in total. The third-order valence-corrected chi connectivity index (χ3v) is 4.45. The predicted molar refractivity (Wildman–Crippen MR) is 92.3 cm³/mol. The number of para-hydroxylation sites is 1. The van der Waals surface area contributed by atoms with E-state index in [1.807, 2.05) is 35.2 Å². The van der Waals surface area contributed by atoms with Crippen molar-refractivity contribution in [3.63, 3.8) is 0 Å². The van der Waals surface area contributed by atoms with Crippen molar-refractivity contribution in [3.8, 4) is 0 Å². The molecule has 0 aliphatic carbocycles. The Hall–Kier alpha value is -2.04. The second kappa shape index (κ2) is 8.56. The smallest absolute Gasteiger partial charge is 0.321 e. The topological polar surface area (TPSA) is 52.7 Å². The van der Waals surface area contributed by atoms with Crippen LogP contribution < -0.4 is 5.32 Å². The second-order valence-electron chi connectivity index (χ2n) is 5.98. The molecule has 1 aliphatic heterocycles. The molecule has 0 radical (unpaired) electrons. The number of urea groups is 1. The first-order valence-corrected chi connectivity index (χ1v) is 8.55. The van der Waals surface area contributed by atoms with Gasteiger partial charge in [0.05, 0.1) is 0 Å². The van der Waals surface area contributed by atoms with Crippen LogP contribution in [0.25, 0.3) is 0 Å². The third-order valence-electron chi connectivity index (χ3n) is 4.45. The lowest BCUT2D eigenvalue weighted by Crippen LogP contribution is -2.41. The van der Waals surface area contributed by atoms with E-state index >= 15 is 0 Å². The lowest BCUT2D eigenvalue weighted by molar-refractivity contribution is -0.135. The number of anilines is 1. The van der Waals surface area contributed by atoms with Gasteiger partial charge in [-0.1, -0.05) is 32.0 Å². The number of hydrogen-bond donors (Lipinski definition) is 1. The van der Waals surface area contributed by atoms with Crippen LogP contribution in [-0.2, 0) is 4.79 Å². The zero-order valence-electron chi connectivity index (χ0n) is 14.1. The summed E-state index contributed by atoms with van der Waals surface area (Å²) >= 11 is 0.